The minimum absolute atomic E-state index is 0.669. The Balaban J connectivity index is 1.21. The van der Waals surface area contributed by atoms with Crippen LogP contribution in [0, 0.1) is 0 Å². The van der Waals surface area contributed by atoms with Crippen molar-refractivity contribution in [2.75, 3.05) is 0 Å². The Kier molecular flexibility index (Phi) is 7.43. The number of hydrogen-bond acceptors (Lipinski definition) is 4. The summed E-state index contributed by atoms with van der Waals surface area (Å²) in [6, 6.07) is 61.5. The highest BCUT2D eigenvalue weighted by Crippen LogP contribution is 2.39. The Hall–Kier alpha value is -7.17. The summed E-state index contributed by atoms with van der Waals surface area (Å²) in [6.07, 6.45) is 3.70. The second-order valence-electron chi connectivity index (χ2n) is 13.3. The van der Waals surface area contributed by atoms with Crippen molar-refractivity contribution in [2.24, 2.45) is 0 Å². The second-order valence-corrected chi connectivity index (χ2v) is 13.3. The molecule has 10 rings (SSSR count). The van der Waals surface area contributed by atoms with Gasteiger partial charge in [0.15, 0.2) is 5.82 Å². The lowest BCUT2D eigenvalue weighted by Crippen LogP contribution is -1.97. The third kappa shape index (κ3) is 5.73. The maximum absolute atomic E-state index is 6.20. The van der Waals surface area contributed by atoms with Gasteiger partial charge in [0.05, 0.1) is 11.4 Å². The molecule has 0 spiro atoms. The van der Waals surface area contributed by atoms with Crippen LogP contribution in [0.3, 0.4) is 0 Å². The molecule has 0 unspecified atom stereocenters. The minimum atomic E-state index is 0.669. The van der Waals surface area contributed by atoms with Crippen molar-refractivity contribution in [3.63, 3.8) is 0 Å². The number of benzene rings is 7. The van der Waals surface area contributed by atoms with Crippen LogP contribution in [0.15, 0.2) is 193 Å². The molecular formula is C49H31N3O. The first-order valence-electron chi connectivity index (χ1n) is 17.7. The first-order valence-corrected chi connectivity index (χ1v) is 17.7. The number of aromatic nitrogens is 3. The number of rotatable bonds is 6. The van der Waals surface area contributed by atoms with Crippen LogP contribution in [-0.4, -0.2) is 15.0 Å². The SMILES string of the molecule is c1ccc(-c2nc(-c3cc(-c4ccc5ccccc5c4)cc(-c4ccc5oc6ccccc6c5c4)c3)cc(-c3ccccc3-c3cccnc3)n2)cc1. The van der Waals surface area contributed by atoms with Crippen LogP contribution >= 0.6 is 0 Å². The average Bonchev–Trinajstić information content (AvgIpc) is 3.62. The van der Waals surface area contributed by atoms with Gasteiger partial charge in [-0.3, -0.25) is 4.98 Å². The molecule has 0 fully saturated rings. The second kappa shape index (κ2) is 12.9. The fourth-order valence-electron chi connectivity index (χ4n) is 7.31. The monoisotopic (exact) mass is 677 g/mol. The van der Waals surface area contributed by atoms with Crippen molar-refractivity contribution in [1.29, 1.82) is 0 Å². The molecule has 0 N–H and O–H groups in total. The number of pyridine rings is 1. The predicted octanol–water partition coefficient (Wildman–Crippen LogP) is 12.9. The molecule has 3 heterocycles. The van der Waals surface area contributed by atoms with E-state index in [0.717, 1.165) is 83.4 Å². The molecule has 0 aliphatic heterocycles. The van der Waals surface area contributed by atoms with Crippen molar-refractivity contribution >= 4 is 32.7 Å². The van der Waals surface area contributed by atoms with Gasteiger partial charge in [0, 0.05) is 45.4 Å². The minimum Gasteiger partial charge on any atom is -0.456 e. The summed E-state index contributed by atoms with van der Waals surface area (Å²) < 4.78 is 6.20. The highest BCUT2D eigenvalue weighted by Gasteiger charge is 2.17. The van der Waals surface area contributed by atoms with Gasteiger partial charge in [-0.1, -0.05) is 121 Å². The Morgan fingerprint density at radius 3 is 1.87 bits per heavy atom. The third-order valence-electron chi connectivity index (χ3n) is 9.96. The molecule has 3 aromatic heterocycles. The van der Waals surface area contributed by atoms with Crippen molar-refractivity contribution in [1.82, 2.24) is 15.0 Å². The van der Waals surface area contributed by atoms with Crippen LogP contribution in [-0.2, 0) is 0 Å². The lowest BCUT2D eigenvalue weighted by Gasteiger charge is -2.15. The summed E-state index contributed by atoms with van der Waals surface area (Å²) in [7, 11) is 0. The van der Waals surface area contributed by atoms with Crippen molar-refractivity contribution in [3.8, 4) is 67.3 Å². The zero-order valence-corrected chi connectivity index (χ0v) is 28.6. The van der Waals surface area contributed by atoms with E-state index in [9.17, 15) is 0 Å². The zero-order valence-electron chi connectivity index (χ0n) is 28.6. The van der Waals surface area contributed by atoms with Crippen LogP contribution in [0.4, 0.5) is 0 Å². The van der Waals surface area contributed by atoms with Crippen molar-refractivity contribution in [2.45, 2.75) is 0 Å². The van der Waals surface area contributed by atoms with Gasteiger partial charge >= 0.3 is 0 Å². The van der Waals surface area contributed by atoms with Crippen LogP contribution in [0.2, 0.25) is 0 Å². The van der Waals surface area contributed by atoms with Crippen LogP contribution in [0.25, 0.3) is 100.0 Å². The summed E-state index contributed by atoms with van der Waals surface area (Å²) in [5, 5.41) is 4.62. The first-order chi connectivity index (χ1) is 26.2. The van der Waals surface area contributed by atoms with Gasteiger partial charge in [-0.25, -0.2) is 9.97 Å². The molecule has 7 aromatic carbocycles. The lowest BCUT2D eigenvalue weighted by molar-refractivity contribution is 0.669. The van der Waals surface area contributed by atoms with E-state index in [-0.39, 0.29) is 0 Å². The van der Waals surface area contributed by atoms with E-state index in [2.05, 4.69) is 145 Å². The predicted molar refractivity (Wildman–Crippen MR) is 217 cm³/mol. The largest absolute Gasteiger partial charge is 0.456 e. The fraction of sp³-hybridized carbons (Fsp3) is 0. The highest BCUT2D eigenvalue weighted by atomic mass is 16.3. The van der Waals surface area contributed by atoms with E-state index in [0.29, 0.717) is 5.82 Å². The average molecular weight is 678 g/mol. The van der Waals surface area contributed by atoms with Gasteiger partial charge in [0.2, 0.25) is 0 Å². The number of hydrogen-bond donors (Lipinski definition) is 0. The first kappa shape index (κ1) is 30.6. The van der Waals surface area contributed by atoms with E-state index in [1.807, 2.05) is 42.6 Å². The molecule has 0 saturated heterocycles. The molecule has 0 aliphatic rings. The molecular weight excluding hydrogens is 647 g/mol. The molecule has 0 radical (unpaired) electrons. The summed E-state index contributed by atoms with van der Waals surface area (Å²) >= 11 is 0. The smallest absolute Gasteiger partial charge is 0.160 e. The van der Waals surface area contributed by atoms with E-state index < -0.39 is 0 Å². The molecule has 0 bridgehead atoms. The maximum atomic E-state index is 6.20. The molecule has 53 heavy (non-hydrogen) atoms. The fourth-order valence-corrected chi connectivity index (χ4v) is 7.31. The van der Waals surface area contributed by atoms with Gasteiger partial charge < -0.3 is 4.42 Å². The molecule has 248 valence electrons. The van der Waals surface area contributed by atoms with Gasteiger partial charge in [-0.15, -0.1) is 0 Å². The van der Waals surface area contributed by atoms with Gasteiger partial charge in [0.1, 0.15) is 11.2 Å². The number of para-hydroxylation sites is 1. The molecule has 0 saturated carbocycles. The summed E-state index contributed by atoms with van der Waals surface area (Å²) in [5.74, 6) is 0.669. The number of fused-ring (bicyclic) bond motifs is 4. The van der Waals surface area contributed by atoms with E-state index in [1.165, 1.54) is 10.8 Å². The van der Waals surface area contributed by atoms with Gasteiger partial charge in [-0.2, -0.15) is 0 Å². The molecule has 0 aliphatic carbocycles. The lowest BCUT2D eigenvalue weighted by atomic mass is 9.92. The van der Waals surface area contributed by atoms with Crippen molar-refractivity contribution in [3.05, 3.63) is 188 Å². The highest BCUT2D eigenvalue weighted by molar-refractivity contribution is 6.06. The Morgan fingerprint density at radius 1 is 0.358 bits per heavy atom. The van der Waals surface area contributed by atoms with Gasteiger partial charge in [-0.05, 0) is 93.2 Å². The van der Waals surface area contributed by atoms with Crippen LogP contribution < -0.4 is 0 Å². The zero-order chi connectivity index (χ0) is 35.1. The standard InChI is InChI=1S/C49H31N3O/c1-2-12-33(13-3-1)49-51-45(30-46(52-49)42-17-7-6-16-41(42)37-15-10-24-50-31-37)40-27-38(35-21-20-32-11-4-5-14-34(32)25-35)26-39(28-40)36-22-23-48-44(29-36)43-18-8-9-19-47(43)53-48/h1-31H. The topological polar surface area (TPSA) is 51.8 Å². The Morgan fingerprint density at radius 2 is 1.02 bits per heavy atom. The Bertz CT molecular complexity index is 2950. The summed E-state index contributed by atoms with van der Waals surface area (Å²) in [5.41, 5.74) is 13.0. The molecule has 0 amide bonds. The van der Waals surface area contributed by atoms with E-state index >= 15 is 0 Å². The normalized spacial score (nSPS) is 11.4. The van der Waals surface area contributed by atoms with Gasteiger partial charge in [0.25, 0.3) is 0 Å². The number of nitrogens with zero attached hydrogens (tertiary/aromatic N) is 3. The maximum Gasteiger partial charge on any atom is 0.160 e. The molecule has 4 nitrogen and oxygen atoms in total. The van der Waals surface area contributed by atoms with Crippen LogP contribution in [0.5, 0.6) is 0 Å². The summed E-state index contributed by atoms with van der Waals surface area (Å²) in [4.78, 5) is 14.9. The molecule has 0 atom stereocenters. The quantitative estimate of drug-likeness (QED) is 0.176. The Labute approximate surface area is 306 Å². The third-order valence-corrected chi connectivity index (χ3v) is 9.96. The van der Waals surface area contributed by atoms with Crippen LogP contribution in [0.1, 0.15) is 0 Å². The molecule has 4 heteroatoms. The van der Waals surface area contributed by atoms with Crippen molar-refractivity contribution < 1.29 is 4.42 Å². The number of furan rings is 1. The van der Waals surface area contributed by atoms with E-state index in [1.54, 1.807) is 6.20 Å². The summed E-state index contributed by atoms with van der Waals surface area (Å²) in [6.45, 7) is 0. The molecule has 10 aromatic rings. The van der Waals surface area contributed by atoms with E-state index in [4.69, 9.17) is 14.4 Å².